The number of nitrogen functional groups attached to an aromatic ring is 1. The van der Waals surface area contributed by atoms with Crippen molar-refractivity contribution in [2.24, 2.45) is 0 Å². The van der Waals surface area contributed by atoms with Gasteiger partial charge in [0.25, 0.3) is 0 Å². The molecule has 0 aliphatic rings. The number of nitrogens with two attached hydrogens (primary N) is 1. The molecule has 2 rings (SSSR count). The molecule has 3 heteroatoms. The standard InChI is InChI=1S/C12H10N2O/c13-11-6-7-14-8-10(11)12(15)9-4-2-1-3-5-9/h1-8H,(H2,13,14). The molecule has 15 heavy (non-hydrogen) atoms. The molecule has 2 N–H and O–H groups in total. The number of ketones is 1. The van der Waals surface area contributed by atoms with Crippen LogP contribution in [0, 0.1) is 0 Å². The molecule has 0 aliphatic carbocycles. The summed E-state index contributed by atoms with van der Waals surface area (Å²) in [5.74, 6) is -0.0961. The van der Waals surface area contributed by atoms with Gasteiger partial charge in [0.05, 0.1) is 5.56 Å². The predicted molar refractivity (Wildman–Crippen MR) is 58.5 cm³/mol. The Balaban J connectivity index is 2.42. The minimum absolute atomic E-state index is 0.0961. The van der Waals surface area contributed by atoms with E-state index in [1.165, 1.54) is 6.20 Å². The summed E-state index contributed by atoms with van der Waals surface area (Å²) in [6, 6.07) is 10.6. The third kappa shape index (κ3) is 1.86. The fourth-order valence-corrected chi connectivity index (χ4v) is 1.34. The molecule has 2 aromatic rings. The topological polar surface area (TPSA) is 56.0 Å². The fraction of sp³-hybridized carbons (Fsp3) is 0. The van der Waals surface area contributed by atoms with E-state index in [-0.39, 0.29) is 5.78 Å². The van der Waals surface area contributed by atoms with Crippen molar-refractivity contribution in [1.29, 1.82) is 0 Å². The van der Waals surface area contributed by atoms with Gasteiger partial charge in [-0.2, -0.15) is 0 Å². The molecule has 1 aromatic carbocycles. The van der Waals surface area contributed by atoms with Crippen molar-refractivity contribution in [2.45, 2.75) is 0 Å². The maximum atomic E-state index is 11.9. The normalized spacial score (nSPS) is 9.87. The second-order valence-electron chi connectivity index (χ2n) is 3.16. The van der Waals surface area contributed by atoms with Crippen LogP contribution in [-0.2, 0) is 0 Å². The number of anilines is 1. The van der Waals surface area contributed by atoms with E-state index in [9.17, 15) is 4.79 Å². The summed E-state index contributed by atoms with van der Waals surface area (Å²) in [5.41, 5.74) is 7.23. The highest BCUT2D eigenvalue weighted by Crippen LogP contribution is 2.14. The number of rotatable bonds is 2. The van der Waals surface area contributed by atoms with E-state index in [1.807, 2.05) is 18.2 Å². The van der Waals surface area contributed by atoms with Gasteiger partial charge in [0.1, 0.15) is 0 Å². The first-order chi connectivity index (χ1) is 7.29. The largest absolute Gasteiger partial charge is 0.398 e. The molecule has 0 amide bonds. The van der Waals surface area contributed by atoms with Gasteiger partial charge < -0.3 is 5.73 Å². The summed E-state index contributed by atoms with van der Waals surface area (Å²) in [6.45, 7) is 0. The zero-order chi connectivity index (χ0) is 10.7. The first-order valence-electron chi connectivity index (χ1n) is 4.58. The van der Waals surface area contributed by atoms with Gasteiger partial charge in [0, 0.05) is 23.6 Å². The van der Waals surface area contributed by atoms with Gasteiger partial charge >= 0.3 is 0 Å². The molecule has 0 atom stereocenters. The number of carbonyl (C=O) groups is 1. The van der Waals surface area contributed by atoms with Gasteiger partial charge in [-0.25, -0.2) is 0 Å². The molecule has 0 bridgehead atoms. The zero-order valence-electron chi connectivity index (χ0n) is 8.05. The average Bonchev–Trinajstić information content (AvgIpc) is 2.30. The van der Waals surface area contributed by atoms with E-state index >= 15 is 0 Å². The van der Waals surface area contributed by atoms with E-state index in [0.29, 0.717) is 16.8 Å². The number of benzene rings is 1. The Hall–Kier alpha value is -2.16. The molecule has 0 radical (unpaired) electrons. The summed E-state index contributed by atoms with van der Waals surface area (Å²) in [4.78, 5) is 15.8. The third-order valence-electron chi connectivity index (χ3n) is 2.14. The molecule has 1 aromatic heterocycles. The lowest BCUT2D eigenvalue weighted by Gasteiger charge is -2.03. The molecular formula is C12H10N2O. The van der Waals surface area contributed by atoms with Gasteiger partial charge in [-0.3, -0.25) is 9.78 Å². The van der Waals surface area contributed by atoms with Gasteiger partial charge in [-0.05, 0) is 6.07 Å². The maximum absolute atomic E-state index is 11.9. The number of aromatic nitrogens is 1. The second-order valence-corrected chi connectivity index (χ2v) is 3.16. The molecule has 3 nitrogen and oxygen atoms in total. The number of carbonyl (C=O) groups excluding carboxylic acids is 1. The van der Waals surface area contributed by atoms with Crippen LogP contribution in [0.5, 0.6) is 0 Å². The minimum atomic E-state index is -0.0961. The number of hydrogen-bond donors (Lipinski definition) is 1. The van der Waals surface area contributed by atoms with Crippen molar-refractivity contribution >= 4 is 11.5 Å². The SMILES string of the molecule is Nc1ccncc1C(=O)c1ccccc1. The Labute approximate surface area is 87.6 Å². The predicted octanol–water partition coefficient (Wildman–Crippen LogP) is 1.89. The van der Waals surface area contributed by atoms with Gasteiger partial charge in [0.15, 0.2) is 5.78 Å². The van der Waals surface area contributed by atoms with Crippen LogP contribution < -0.4 is 5.73 Å². The van der Waals surface area contributed by atoms with E-state index in [2.05, 4.69) is 4.98 Å². The van der Waals surface area contributed by atoms with Crippen LogP contribution in [0.15, 0.2) is 48.8 Å². The van der Waals surface area contributed by atoms with Crippen molar-refractivity contribution in [3.8, 4) is 0 Å². The Morgan fingerprint density at radius 1 is 1.13 bits per heavy atom. The molecular weight excluding hydrogens is 188 g/mol. The lowest BCUT2D eigenvalue weighted by atomic mass is 10.0. The van der Waals surface area contributed by atoms with Crippen molar-refractivity contribution in [3.05, 3.63) is 59.9 Å². The quantitative estimate of drug-likeness (QED) is 0.750. The van der Waals surface area contributed by atoms with E-state index in [4.69, 9.17) is 5.73 Å². The summed E-state index contributed by atoms with van der Waals surface area (Å²) in [6.07, 6.45) is 3.06. The third-order valence-corrected chi connectivity index (χ3v) is 2.14. The maximum Gasteiger partial charge on any atom is 0.196 e. The van der Waals surface area contributed by atoms with Crippen LogP contribution in [0.1, 0.15) is 15.9 Å². The van der Waals surface area contributed by atoms with Crippen LogP contribution in [0.3, 0.4) is 0 Å². The van der Waals surface area contributed by atoms with Crippen LogP contribution in [0.25, 0.3) is 0 Å². The fourth-order valence-electron chi connectivity index (χ4n) is 1.34. The highest BCUT2D eigenvalue weighted by molar-refractivity contribution is 6.11. The number of pyridine rings is 1. The minimum Gasteiger partial charge on any atom is -0.398 e. The van der Waals surface area contributed by atoms with Gasteiger partial charge in [0.2, 0.25) is 0 Å². The van der Waals surface area contributed by atoms with Crippen molar-refractivity contribution < 1.29 is 4.79 Å². The summed E-state index contributed by atoms with van der Waals surface area (Å²) in [5, 5.41) is 0. The van der Waals surface area contributed by atoms with Crippen molar-refractivity contribution in [2.75, 3.05) is 5.73 Å². The van der Waals surface area contributed by atoms with E-state index in [0.717, 1.165) is 0 Å². The highest BCUT2D eigenvalue weighted by Gasteiger charge is 2.11. The van der Waals surface area contributed by atoms with Crippen molar-refractivity contribution in [1.82, 2.24) is 4.98 Å². The molecule has 0 saturated carbocycles. The Morgan fingerprint density at radius 2 is 1.87 bits per heavy atom. The Kier molecular flexibility index (Phi) is 2.46. The molecule has 0 aliphatic heterocycles. The van der Waals surface area contributed by atoms with Crippen LogP contribution in [0.2, 0.25) is 0 Å². The first kappa shape index (κ1) is 9.40. The molecule has 0 saturated heterocycles. The molecule has 74 valence electrons. The zero-order valence-corrected chi connectivity index (χ0v) is 8.05. The van der Waals surface area contributed by atoms with E-state index < -0.39 is 0 Å². The van der Waals surface area contributed by atoms with Crippen molar-refractivity contribution in [3.63, 3.8) is 0 Å². The first-order valence-corrected chi connectivity index (χ1v) is 4.58. The van der Waals surface area contributed by atoms with E-state index in [1.54, 1.807) is 24.4 Å². The Bertz CT molecular complexity index is 480. The summed E-state index contributed by atoms with van der Waals surface area (Å²) in [7, 11) is 0. The molecule has 0 fully saturated rings. The highest BCUT2D eigenvalue weighted by atomic mass is 16.1. The number of nitrogens with zero attached hydrogens (tertiary/aromatic N) is 1. The summed E-state index contributed by atoms with van der Waals surface area (Å²) < 4.78 is 0. The smallest absolute Gasteiger partial charge is 0.196 e. The Morgan fingerprint density at radius 3 is 2.53 bits per heavy atom. The lowest BCUT2D eigenvalue weighted by Crippen LogP contribution is -2.05. The molecule has 1 heterocycles. The number of hydrogen-bond acceptors (Lipinski definition) is 3. The van der Waals surface area contributed by atoms with Gasteiger partial charge in [-0.1, -0.05) is 30.3 Å². The molecule has 0 unspecified atom stereocenters. The van der Waals surface area contributed by atoms with Crippen LogP contribution >= 0.6 is 0 Å². The lowest BCUT2D eigenvalue weighted by molar-refractivity contribution is 0.103. The van der Waals surface area contributed by atoms with Crippen LogP contribution in [-0.4, -0.2) is 10.8 Å². The summed E-state index contributed by atoms with van der Waals surface area (Å²) >= 11 is 0. The van der Waals surface area contributed by atoms with Gasteiger partial charge in [-0.15, -0.1) is 0 Å². The molecule has 0 spiro atoms. The van der Waals surface area contributed by atoms with Crippen LogP contribution in [0.4, 0.5) is 5.69 Å². The second kappa shape index (κ2) is 3.92. The monoisotopic (exact) mass is 198 g/mol. The average molecular weight is 198 g/mol.